The Morgan fingerprint density at radius 3 is 2.60 bits per heavy atom. The van der Waals surface area contributed by atoms with Crippen molar-refractivity contribution in [3.63, 3.8) is 0 Å². The first-order chi connectivity index (χ1) is 4.61. The SMILES string of the molecule is CC(C)=C[C@@H]1NC(=O)C1O. The van der Waals surface area contributed by atoms with E-state index >= 15 is 0 Å². The predicted molar refractivity (Wildman–Crippen MR) is 37.4 cm³/mol. The number of hydrogen-bond donors (Lipinski definition) is 2. The summed E-state index contributed by atoms with van der Waals surface area (Å²) >= 11 is 0. The molecule has 0 saturated carbocycles. The topological polar surface area (TPSA) is 49.3 Å². The molecule has 0 bridgehead atoms. The summed E-state index contributed by atoms with van der Waals surface area (Å²) in [6.07, 6.45) is 1.02. The zero-order valence-corrected chi connectivity index (χ0v) is 6.09. The van der Waals surface area contributed by atoms with Crippen LogP contribution >= 0.6 is 0 Å². The van der Waals surface area contributed by atoms with Crippen LogP contribution in [-0.2, 0) is 4.79 Å². The first-order valence-electron chi connectivity index (χ1n) is 3.25. The Hall–Kier alpha value is -0.830. The number of carbonyl (C=O) groups is 1. The molecule has 3 heteroatoms. The summed E-state index contributed by atoms with van der Waals surface area (Å²) in [6, 6.07) is -0.155. The number of aliphatic hydroxyl groups excluding tert-OH is 1. The second kappa shape index (κ2) is 2.42. The van der Waals surface area contributed by atoms with Crippen molar-refractivity contribution in [2.45, 2.75) is 26.0 Å². The highest BCUT2D eigenvalue weighted by atomic mass is 16.3. The van der Waals surface area contributed by atoms with Gasteiger partial charge in [-0.2, -0.15) is 0 Å². The highest BCUT2D eigenvalue weighted by Gasteiger charge is 2.35. The van der Waals surface area contributed by atoms with Gasteiger partial charge < -0.3 is 10.4 Å². The van der Waals surface area contributed by atoms with Gasteiger partial charge in [0.1, 0.15) is 0 Å². The maximum Gasteiger partial charge on any atom is 0.251 e. The van der Waals surface area contributed by atoms with Gasteiger partial charge in [-0.1, -0.05) is 11.6 Å². The molecule has 1 aliphatic heterocycles. The molecule has 10 heavy (non-hydrogen) atoms. The largest absolute Gasteiger partial charge is 0.381 e. The highest BCUT2D eigenvalue weighted by Crippen LogP contribution is 2.08. The number of aliphatic hydroxyl groups is 1. The van der Waals surface area contributed by atoms with E-state index in [0.717, 1.165) is 5.57 Å². The minimum absolute atomic E-state index is 0.155. The van der Waals surface area contributed by atoms with Crippen molar-refractivity contribution < 1.29 is 9.90 Å². The molecule has 1 aliphatic rings. The second-order valence-corrected chi connectivity index (χ2v) is 2.72. The van der Waals surface area contributed by atoms with Crippen LogP contribution in [0.4, 0.5) is 0 Å². The van der Waals surface area contributed by atoms with Crippen molar-refractivity contribution in [2.24, 2.45) is 0 Å². The van der Waals surface area contributed by atoms with E-state index in [2.05, 4.69) is 5.32 Å². The molecule has 3 nitrogen and oxygen atoms in total. The monoisotopic (exact) mass is 141 g/mol. The zero-order valence-electron chi connectivity index (χ0n) is 6.09. The Morgan fingerprint density at radius 2 is 2.30 bits per heavy atom. The van der Waals surface area contributed by atoms with Gasteiger partial charge in [0.15, 0.2) is 6.10 Å². The lowest BCUT2D eigenvalue weighted by Crippen LogP contribution is -2.61. The van der Waals surface area contributed by atoms with Crippen LogP contribution < -0.4 is 5.32 Å². The molecular weight excluding hydrogens is 130 g/mol. The Bertz CT molecular complexity index is 182. The molecule has 2 N–H and O–H groups in total. The molecular formula is C7H11NO2. The predicted octanol–water partition coefficient (Wildman–Crippen LogP) is -0.188. The van der Waals surface area contributed by atoms with Gasteiger partial charge in [0.2, 0.25) is 0 Å². The van der Waals surface area contributed by atoms with E-state index < -0.39 is 6.10 Å². The molecule has 1 heterocycles. The van der Waals surface area contributed by atoms with E-state index in [-0.39, 0.29) is 11.9 Å². The molecule has 0 aromatic heterocycles. The van der Waals surface area contributed by atoms with Crippen molar-refractivity contribution in [1.29, 1.82) is 0 Å². The third-order valence-corrected chi connectivity index (χ3v) is 1.43. The molecule has 0 aromatic rings. The smallest absolute Gasteiger partial charge is 0.251 e. The maximum absolute atomic E-state index is 10.4. The summed E-state index contributed by atoms with van der Waals surface area (Å²) in [5, 5.41) is 11.5. The number of amides is 1. The molecule has 0 radical (unpaired) electrons. The maximum atomic E-state index is 10.4. The average Bonchev–Trinajstić information content (AvgIpc) is 1.86. The van der Waals surface area contributed by atoms with E-state index in [0.29, 0.717) is 0 Å². The molecule has 0 aromatic carbocycles. The molecule has 1 unspecified atom stereocenters. The third-order valence-electron chi connectivity index (χ3n) is 1.43. The summed E-state index contributed by atoms with van der Waals surface area (Å²) in [7, 11) is 0. The third kappa shape index (κ3) is 1.19. The van der Waals surface area contributed by atoms with Crippen LogP contribution in [0.2, 0.25) is 0 Å². The summed E-state index contributed by atoms with van der Waals surface area (Å²) in [6.45, 7) is 3.86. The van der Waals surface area contributed by atoms with Crippen LogP contribution in [0.3, 0.4) is 0 Å². The van der Waals surface area contributed by atoms with Crippen LogP contribution in [-0.4, -0.2) is 23.2 Å². The van der Waals surface area contributed by atoms with Gasteiger partial charge in [-0.05, 0) is 13.8 Å². The van der Waals surface area contributed by atoms with Crippen molar-refractivity contribution in [1.82, 2.24) is 5.32 Å². The van der Waals surface area contributed by atoms with Crippen LogP contribution in [0.1, 0.15) is 13.8 Å². The molecule has 1 fully saturated rings. The van der Waals surface area contributed by atoms with Gasteiger partial charge in [0.25, 0.3) is 5.91 Å². The molecule has 1 rings (SSSR count). The van der Waals surface area contributed by atoms with Gasteiger partial charge in [0, 0.05) is 0 Å². The average molecular weight is 141 g/mol. The van der Waals surface area contributed by atoms with E-state index in [1.165, 1.54) is 0 Å². The second-order valence-electron chi connectivity index (χ2n) is 2.72. The van der Waals surface area contributed by atoms with Crippen molar-refractivity contribution in [3.05, 3.63) is 11.6 Å². The number of nitrogens with one attached hydrogen (secondary N) is 1. The quantitative estimate of drug-likeness (QED) is 0.393. The first kappa shape index (κ1) is 7.28. The molecule has 2 atom stereocenters. The highest BCUT2D eigenvalue weighted by molar-refractivity contribution is 5.88. The van der Waals surface area contributed by atoms with E-state index in [1.54, 1.807) is 0 Å². The van der Waals surface area contributed by atoms with Gasteiger partial charge in [0.05, 0.1) is 6.04 Å². The van der Waals surface area contributed by atoms with Crippen molar-refractivity contribution in [3.8, 4) is 0 Å². The van der Waals surface area contributed by atoms with E-state index in [1.807, 2.05) is 19.9 Å². The van der Waals surface area contributed by atoms with Gasteiger partial charge in [-0.3, -0.25) is 4.79 Å². The van der Waals surface area contributed by atoms with Crippen LogP contribution in [0.5, 0.6) is 0 Å². The summed E-state index contributed by atoms with van der Waals surface area (Å²) in [5.41, 5.74) is 1.10. The van der Waals surface area contributed by atoms with Crippen LogP contribution in [0.15, 0.2) is 11.6 Å². The fraction of sp³-hybridized carbons (Fsp3) is 0.571. The van der Waals surface area contributed by atoms with Gasteiger partial charge >= 0.3 is 0 Å². The Labute approximate surface area is 59.7 Å². The minimum Gasteiger partial charge on any atom is -0.381 e. The van der Waals surface area contributed by atoms with E-state index in [9.17, 15) is 4.79 Å². The van der Waals surface area contributed by atoms with Crippen LogP contribution in [0.25, 0.3) is 0 Å². The molecule has 0 aliphatic carbocycles. The number of allylic oxidation sites excluding steroid dienone is 1. The fourth-order valence-corrected chi connectivity index (χ4v) is 0.887. The number of rotatable bonds is 1. The summed E-state index contributed by atoms with van der Waals surface area (Å²) in [4.78, 5) is 10.4. The summed E-state index contributed by atoms with van der Waals surface area (Å²) in [5.74, 6) is -0.275. The zero-order chi connectivity index (χ0) is 7.72. The first-order valence-corrected chi connectivity index (χ1v) is 3.25. The molecule has 0 spiro atoms. The molecule has 1 saturated heterocycles. The minimum atomic E-state index is -0.824. The van der Waals surface area contributed by atoms with Crippen LogP contribution in [0, 0.1) is 0 Å². The van der Waals surface area contributed by atoms with E-state index in [4.69, 9.17) is 5.11 Å². The molecule has 1 amide bonds. The molecule has 56 valence electrons. The lowest BCUT2D eigenvalue weighted by atomic mass is 10.0. The number of hydrogen-bond acceptors (Lipinski definition) is 2. The van der Waals surface area contributed by atoms with Gasteiger partial charge in [-0.15, -0.1) is 0 Å². The Morgan fingerprint density at radius 1 is 1.70 bits per heavy atom. The Kier molecular flexibility index (Phi) is 1.76. The lowest BCUT2D eigenvalue weighted by Gasteiger charge is -2.30. The summed E-state index contributed by atoms with van der Waals surface area (Å²) < 4.78 is 0. The normalized spacial score (nSPS) is 30.5. The lowest BCUT2D eigenvalue weighted by molar-refractivity contribution is -0.140. The standard InChI is InChI=1S/C7H11NO2/c1-4(2)3-5-6(9)7(10)8-5/h3,5-6,9H,1-2H3,(H,8,10)/t5-,6?/m0/s1. The fourth-order valence-electron chi connectivity index (χ4n) is 0.887. The number of β-lactam (4-membered cyclic amide) rings is 1. The van der Waals surface area contributed by atoms with Crippen molar-refractivity contribution >= 4 is 5.91 Å². The number of carbonyl (C=O) groups excluding carboxylic acids is 1. The van der Waals surface area contributed by atoms with Crippen molar-refractivity contribution in [2.75, 3.05) is 0 Å². The van der Waals surface area contributed by atoms with Gasteiger partial charge in [-0.25, -0.2) is 0 Å². The Balaban J connectivity index is 2.48.